The van der Waals surface area contributed by atoms with E-state index < -0.39 is 0 Å². The highest BCUT2D eigenvalue weighted by Crippen LogP contribution is 2.20. The first kappa shape index (κ1) is 10.0. The van der Waals surface area contributed by atoms with Crippen molar-refractivity contribution in [1.29, 1.82) is 0 Å². The maximum Gasteiger partial charge on any atom is 0.136 e. The molecular formula is C12H17N3. The fourth-order valence-corrected chi connectivity index (χ4v) is 1.67. The lowest BCUT2D eigenvalue weighted by Crippen LogP contribution is -2.37. The number of hydrogen-bond donors (Lipinski definition) is 0. The minimum Gasteiger partial charge on any atom is -0.370 e. The van der Waals surface area contributed by atoms with Crippen LogP contribution < -0.4 is 4.90 Å². The van der Waals surface area contributed by atoms with Crippen LogP contribution in [-0.4, -0.2) is 22.5 Å². The fraction of sp³-hybridized carbons (Fsp3) is 0.417. The van der Waals surface area contributed by atoms with E-state index in [-0.39, 0.29) is 0 Å². The van der Waals surface area contributed by atoms with E-state index >= 15 is 0 Å². The Hall–Kier alpha value is -1.51. The van der Waals surface area contributed by atoms with Gasteiger partial charge in [-0.15, -0.1) is 0 Å². The smallest absolute Gasteiger partial charge is 0.136 e. The molecule has 0 amide bonds. The molecule has 0 radical (unpaired) electrons. The van der Waals surface area contributed by atoms with Gasteiger partial charge in [0.1, 0.15) is 5.65 Å². The van der Waals surface area contributed by atoms with Crippen molar-refractivity contribution < 1.29 is 0 Å². The molecule has 2 aromatic rings. The van der Waals surface area contributed by atoms with Crippen molar-refractivity contribution in [2.24, 2.45) is 0 Å². The fourth-order valence-electron chi connectivity index (χ4n) is 1.67. The molecule has 0 saturated carbocycles. The molecule has 3 nitrogen and oxygen atoms in total. The highest BCUT2D eigenvalue weighted by atomic mass is 15.2. The predicted octanol–water partition coefficient (Wildman–Crippen LogP) is 2.57. The summed E-state index contributed by atoms with van der Waals surface area (Å²) >= 11 is 0. The predicted molar refractivity (Wildman–Crippen MR) is 63.4 cm³/mol. The van der Waals surface area contributed by atoms with Gasteiger partial charge in [-0.25, -0.2) is 4.98 Å². The molecule has 0 unspecified atom stereocenters. The molecule has 1 fully saturated rings. The van der Waals surface area contributed by atoms with Crippen LogP contribution in [0.15, 0.2) is 30.7 Å². The first-order valence-corrected chi connectivity index (χ1v) is 5.61. The molecule has 0 atom stereocenters. The van der Waals surface area contributed by atoms with Crippen LogP contribution in [0.2, 0.25) is 0 Å². The van der Waals surface area contributed by atoms with Crippen molar-refractivity contribution in [1.82, 2.24) is 9.38 Å². The maximum atomic E-state index is 4.21. The van der Waals surface area contributed by atoms with Gasteiger partial charge in [-0.3, -0.25) is 0 Å². The van der Waals surface area contributed by atoms with E-state index in [1.54, 1.807) is 0 Å². The molecule has 3 heteroatoms. The lowest BCUT2D eigenvalue weighted by Gasteiger charge is -2.33. The van der Waals surface area contributed by atoms with Crippen LogP contribution in [0.5, 0.6) is 0 Å². The molecule has 1 aliphatic heterocycles. The Balaban J connectivity index is 0.000000404. The Morgan fingerprint density at radius 1 is 1.20 bits per heavy atom. The van der Waals surface area contributed by atoms with E-state index in [9.17, 15) is 0 Å². The van der Waals surface area contributed by atoms with Crippen molar-refractivity contribution in [2.75, 3.05) is 18.0 Å². The summed E-state index contributed by atoms with van der Waals surface area (Å²) in [7, 11) is 0. The summed E-state index contributed by atoms with van der Waals surface area (Å²) in [5.41, 5.74) is 2.32. The molecule has 1 saturated heterocycles. The Kier molecular flexibility index (Phi) is 2.90. The highest BCUT2D eigenvalue weighted by Gasteiger charge is 2.14. The summed E-state index contributed by atoms with van der Waals surface area (Å²) in [4.78, 5) is 6.58. The van der Waals surface area contributed by atoms with Crippen LogP contribution in [0.3, 0.4) is 0 Å². The molecule has 80 valence electrons. The average molecular weight is 203 g/mol. The van der Waals surface area contributed by atoms with Gasteiger partial charge in [0.05, 0.1) is 5.69 Å². The lowest BCUT2D eigenvalue weighted by atomic mass is 10.2. The highest BCUT2D eigenvalue weighted by molar-refractivity contribution is 5.52. The van der Waals surface area contributed by atoms with Crippen molar-refractivity contribution >= 4 is 11.3 Å². The standard InChI is InChI=1S/C10H11N3.C2H6/c1-5-12(6-1)9-2-3-10-11-4-7-13(10)8-9;1-2/h2-4,7-8H,1,5-6H2;1-2H3. The number of nitrogens with zero attached hydrogens (tertiary/aromatic N) is 3. The van der Waals surface area contributed by atoms with Gasteiger partial charge in [-0.2, -0.15) is 0 Å². The quantitative estimate of drug-likeness (QED) is 0.710. The van der Waals surface area contributed by atoms with E-state index in [2.05, 4.69) is 32.6 Å². The second-order valence-corrected chi connectivity index (χ2v) is 3.42. The number of imidazole rings is 1. The Morgan fingerprint density at radius 3 is 2.67 bits per heavy atom. The van der Waals surface area contributed by atoms with Crippen LogP contribution in [-0.2, 0) is 0 Å². The van der Waals surface area contributed by atoms with E-state index in [1.807, 2.05) is 26.2 Å². The second-order valence-electron chi connectivity index (χ2n) is 3.42. The summed E-state index contributed by atoms with van der Waals surface area (Å²) in [5.74, 6) is 0. The third-order valence-electron chi connectivity index (χ3n) is 2.59. The maximum absolute atomic E-state index is 4.21. The molecule has 0 aromatic carbocycles. The number of aromatic nitrogens is 2. The van der Waals surface area contributed by atoms with Crippen molar-refractivity contribution in [3.63, 3.8) is 0 Å². The molecule has 3 heterocycles. The van der Waals surface area contributed by atoms with Crippen LogP contribution in [0.1, 0.15) is 20.3 Å². The molecule has 0 N–H and O–H groups in total. The number of rotatable bonds is 1. The van der Waals surface area contributed by atoms with Crippen LogP contribution in [0.25, 0.3) is 5.65 Å². The lowest BCUT2D eigenvalue weighted by molar-refractivity contribution is 0.616. The van der Waals surface area contributed by atoms with Gasteiger partial charge >= 0.3 is 0 Å². The average Bonchev–Trinajstić information content (AvgIpc) is 2.65. The second kappa shape index (κ2) is 4.34. The third-order valence-corrected chi connectivity index (χ3v) is 2.59. The van der Waals surface area contributed by atoms with Gasteiger partial charge in [-0.05, 0) is 18.6 Å². The molecule has 0 aliphatic carbocycles. The van der Waals surface area contributed by atoms with Gasteiger partial charge in [-0.1, -0.05) is 13.8 Å². The van der Waals surface area contributed by atoms with Gasteiger partial charge in [0.25, 0.3) is 0 Å². The largest absolute Gasteiger partial charge is 0.370 e. The van der Waals surface area contributed by atoms with E-state index in [0.717, 1.165) is 5.65 Å². The Bertz CT molecular complexity index is 429. The Labute approximate surface area is 90.4 Å². The van der Waals surface area contributed by atoms with Crippen molar-refractivity contribution in [3.05, 3.63) is 30.7 Å². The topological polar surface area (TPSA) is 20.5 Å². The summed E-state index contributed by atoms with van der Waals surface area (Å²) in [5, 5.41) is 0. The van der Waals surface area contributed by atoms with Crippen LogP contribution in [0.4, 0.5) is 5.69 Å². The SMILES string of the molecule is CC.c1cn2cc(N3CCC3)ccc2n1. The van der Waals surface area contributed by atoms with Crippen molar-refractivity contribution in [3.8, 4) is 0 Å². The number of anilines is 1. The minimum atomic E-state index is 1.02. The molecule has 3 rings (SSSR count). The summed E-state index contributed by atoms with van der Waals surface area (Å²) in [6.45, 7) is 6.39. The van der Waals surface area contributed by atoms with Gasteiger partial charge in [0, 0.05) is 31.7 Å². The van der Waals surface area contributed by atoms with Gasteiger partial charge in [0.2, 0.25) is 0 Å². The molecule has 15 heavy (non-hydrogen) atoms. The first-order valence-electron chi connectivity index (χ1n) is 5.61. The third kappa shape index (κ3) is 1.82. The zero-order chi connectivity index (χ0) is 10.7. The zero-order valence-corrected chi connectivity index (χ0v) is 9.35. The van der Waals surface area contributed by atoms with E-state index in [4.69, 9.17) is 0 Å². The van der Waals surface area contributed by atoms with Crippen molar-refractivity contribution in [2.45, 2.75) is 20.3 Å². The van der Waals surface area contributed by atoms with E-state index in [1.165, 1.54) is 25.2 Å². The number of pyridine rings is 1. The molecular weight excluding hydrogens is 186 g/mol. The zero-order valence-electron chi connectivity index (χ0n) is 9.35. The van der Waals surface area contributed by atoms with Gasteiger partial charge < -0.3 is 9.30 Å². The van der Waals surface area contributed by atoms with Gasteiger partial charge in [0.15, 0.2) is 0 Å². The molecule has 0 bridgehead atoms. The molecule has 2 aromatic heterocycles. The minimum absolute atomic E-state index is 1.02. The first-order chi connectivity index (χ1) is 7.43. The number of hydrogen-bond acceptors (Lipinski definition) is 2. The summed E-state index contributed by atoms with van der Waals surface area (Å²) < 4.78 is 2.06. The molecule has 0 spiro atoms. The summed E-state index contributed by atoms with van der Waals surface area (Å²) in [6, 6.07) is 4.20. The monoisotopic (exact) mass is 203 g/mol. The molecule has 1 aliphatic rings. The number of fused-ring (bicyclic) bond motifs is 1. The van der Waals surface area contributed by atoms with E-state index in [0.29, 0.717) is 0 Å². The van der Waals surface area contributed by atoms with Crippen LogP contribution >= 0.6 is 0 Å². The summed E-state index contributed by atoms with van der Waals surface area (Å²) in [6.07, 6.45) is 7.28. The van der Waals surface area contributed by atoms with Crippen LogP contribution in [0, 0.1) is 0 Å². The normalized spacial score (nSPS) is 14.4. The Morgan fingerprint density at radius 2 is 2.00 bits per heavy atom.